The molecule has 11 aromatic rings. The van der Waals surface area contributed by atoms with Crippen molar-refractivity contribution in [2.75, 3.05) is 0 Å². The molecule has 0 spiro atoms. The Morgan fingerprint density at radius 2 is 1.00 bits per heavy atom. The summed E-state index contributed by atoms with van der Waals surface area (Å²) in [7, 11) is 0. The fraction of sp³-hybridized carbons (Fsp3) is 0. The molecule has 0 saturated heterocycles. The first-order chi connectivity index (χ1) is 30.3. The molecule has 0 saturated carbocycles. The summed E-state index contributed by atoms with van der Waals surface area (Å²) in [5.41, 5.74) is 7.76. The molecular formula is C51H32N4S. The second-order valence-corrected chi connectivity index (χ2v) is 14.5. The third-order valence-corrected chi connectivity index (χ3v) is 11.4. The highest BCUT2D eigenvalue weighted by atomic mass is 32.1. The molecule has 0 N–H and O–H groups in total. The normalized spacial score (nSPS) is 13.1. The highest BCUT2D eigenvalue weighted by Gasteiger charge is 2.24. The van der Waals surface area contributed by atoms with E-state index in [0.29, 0.717) is 54.6 Å². The Morgan fingerprint density at radius 3 is 1.77 bits per heavy atom. The Kier molecular flexibility index (Phi) is 6.29. The van der Waals surface area contributed by atoms with Crippen LogP contribution in [0.15, 0.2) is 194 Å². The van der Waals surface area contributed by atoms with Crippen molar-refractivity contribution < 1.29 is 8.22 Å². The predicted molar refractivity (Wildman–Crippen MR) is 234 cm³/mol. The summed E-state index contributed by atoms with van der Waals surface area (Å²) in [5, 5.41) is 2.61. The maximum Gasteiger partial charge on any atom is 0.166 e. The topological polar surface area (TPSA) is 43.6 Å². The summed E-state index contributed by atoms with van der Waals surface area (Å²) in [4.78, 5) is 15.6. The van der Waals surface area contributed by atoms with Gasteiger partial charge in [0, 0.05) is 58.8 Å². The molecule has 5 heteroatoms. The Balaban J connectivity index is 1.28. The van der Waals surface area contributed by atoms with Crippen LogP contribution in [0, 0.1) is 0 Å². The molecule has 0 unspecified atom stereocenters. The lowest BCUT2D eigenvalue weighted by Crippen LogP contribution is -2.05. The van der Waals surface area contributed by atoms with Gasteiger partial charge in [0.25, 0.3) is 0 Å². The molecule has 8 aromatic carbocycles. The van der Waals surface area contributed by atoms with E-state index in [2.05, 4.69) is 53.1 Å². The molecular weight excluding hydrogens is 701 g/mol. The maximum absolute atomic E-state index is 9.60. The Bertz CT molecular complexity index is 3550. The van der Waals surface area contributed by atoms with Crippen molar-refractivity contribution in [3.05, 3.63) is 194 Å². The van der Waals surface area contributed by atoms with Crippen LogP contribution in [0.1, 0.15) is 8.22 Å². The lowest BCUT2D eigenvalue weighted by Gasteiger charge is -2.19. The zero-order valence-corrected chi connectivity index (χ0v) is 30.5. The monoisotopic (exact) mass is 738 g/mol. The summed E-state index contributed by atoms with van der Waals surface area (Å²) in [5.74, 6) is 1.34. The van der Waals surface area contributed by atoms with E-state index in [-0.39, 0.29) is 41.6 Å². The molecule has 0 fully saturated rings. The molecule has 56 heavy (non-hydrogen) atoms. The molecule has 3 aromatic heterocycles. The summed E-state index contributed by atoms with van der Waals surface area (Å²) in [6, 6.07) is 50.7. The van der Waals surface area contributed by atoms with Crippen molar-refractivity contribution in [2.24, 2.45) is 0 Å². The van der Waals surface area contributed by atoms with Crippen LogP contribution in [-0.2, 0) is 0 Å². The first-order valence-corrected chi connectivity index (χ1v) is 19.1. The third-order valence-electron chi connectivity index (χ3n) is 10.2. The van der Waals surface area contributed by atoms with Crippen molar-refractivity contribution in [1.29, 1.82) is 0 Å². The van der Waals surface area contributed by atoms with Gasteiger partial charge in [0.2, 0.25) is 0 Å². The summed E-state index contributed by atoms with van der Waals surface area (Å²) in [6.45, 7) is 0. The molecule has 0 atom stereocenters. The van der Waals surface area contributed by atoms with E-state index < -0.39 is 0 Å². The molecule has 0 aliphatic carbocycles. The quantitative estimate of drug-likeness (QED) is 0.171. The fourth-order valence-electron chi connectivity index (χ4n) is 7.70. The number of hydrogen-bond donors (Lipinski definition) is 0. The van der Waals surface area contributed by atoms with Crippen LogP contribution in [0.4, 0.5) is 0 Å². The van der Waals surface area contributed by atoms with E-state index >= 15 is 0 Å². The van der Waals surface area contributed by atoms with E-state index in [9.17, 15) is 2.74 Å². The second kappa shape index (κ2) is 13.3. The van der Waals surface area contributed by atoms with Crippen LogP contribution >= 0.6 is 11.3 Å². The van der Waals surface area contributed by atoms with Gasteiger partial charge in [0.05, 0.1) is 24.9 Å². The summed E-state index contributed by atoms with van der Waals surface area (Å²) >= 11 is 1.22. The molecule has 0 aliphatic rings. The van der Waals surface area contributed by atoms with E-state index in [4.69, 9.17) is 20.4 Å². The van der Waals surface area contributed by atoms with E-state index in [1.807, 2.05) is 103 Å². The van der Waals surface area contributed by atoms with Crippen molar-refractivity contribution in [3.63, 3.8) is 0 Å². The molecule has 0 radical (unpaired) electrons. The maximum atomic E-state index is 9.60. The number of rotatable bonds is 6. The average Bonchev–Trinajstić information content (AvgIpc) is 3.88. The van der Waals surface area contributed by atoms with Gasteiger partial charge in [-0.3, -0.25) is 0 Å². The van der Waals surface area contributed by atoms with Crippen molar-refractivity contribution in [3.8, 4) is 62.1 Å². The minimum absolute atomic E-state index is 0.0597. The Hall–Kier alpha value is -7.21. The van der Waals surface area contributed by atoms with Gasteiger partial charge in [-0.2, -0.15) is 0 Å². The van der Waals surface area contributed by atoms with Gasteiger partial charge >= 0.3 is 0 Å². The number of aromatic nitrogens is 4. The Morgan fingerprint density at radius 1 is 0.411 bits per heavy atom. The first kappa shape index (κ1) is 26.5. The van der Waals surface area contributed by atoms with Crippen LogP contribution < -0.4 is 0 Å². The van der Waals surface area contributed by atoms with Crippen LogP contribution in [0.2, 0.25) is 0 Å². The van der Waals surface area contributed by atoms with Gasteiger partial charge in [0.1, 0.15) is 0 Å². The highest BCUT2D eigenvalue weighted by Crippen LogP contribution is 2.45. The molecule has 0 bridgehead atoms. The lowest BCUT2D eigenvalue weighted by molar-refractivity contribution is 1.06. The number of nitrogens with zero attached hydrogens (tertiary/aromatic N) is 4. The van der Waals surface area contributed by atoms with Crippen molar-refractivity contribution in [1.82, 2.24) is 19.5 Å². The minimum Gasteiger partial charge on any atom is -0.308 e. The fourth-order valence-corrected chi connectivity index (χ4v) is 8.80. The third kappa shape index (κ3) is 5.32. The second-order valence-electron chi connectivity index (χ2n) is 13.5. The van der Waals surface area contributed by atoms with E-state index in [1.165, 1.54) is 17.4 Å². The molecule has 0 aliphatic heterocycles. The van der Waals surface area contributed by atoms with Crippen molar-refractivity contribution >= 4 is 53.3 Å². The zero-order chi connectivity index (χ0) is 42.2. The molecule has 11 rings (SSSR count). The summed E-state index contributed by atoms with van der Waals surface area (Å²) in [6.07, 6.45) is 0. The molecule has 3 heterocycles. The number of hydrogen-bond acceptors (Lipinski definition) is 4. The highest BCUT2D eigenvalue weighted by molar-refractivity contribution is 7.26. The lowest BCUT2D eigenvalue weighted by atomic mass is 9.97. The smallest absolute Gasteiger partial charge is 0.166 e. The standard InChI is InChI=1S/C51H32N4S/c1-3-16-33(17-4-1)35-20-13-21-36(32-35)50-52-49(34-18-5-2-6-19-34)53-51(54-50)43-28-14-25-40(42-27-15-26-41-39-24-9-12-31-46(39)56-48(41)42)47(43)55-44-29-10-7-22-37(44)38-23-8-11-30-45(38)55/h1-32H/i9D,15D,24D,26D,27D,31D. The predicted octanol–water partition coefficient (Wildman–Crippen LogP) is 13.7. The SMILES string of the molecule is [2H]c1cc([2H])c2sc3c(-c4cccc(-c5nc(-c6ccccc6)nc(-c6cccc(-c7ccccc7)c6)n5)c4-n4c5ccccc5c5ccccc54)c([2H])c([2H])c([2H])c3c2c1[2H]. The zero-order valence-electron chi connectivity index (χ0n) is 35.7. The average molecular weight is 739 g/mol. The minimum atomic E-state index is -0.306. The van der Waals surface area contributed by atoms with Crippen LogP contribution in [-0.4, -0.2) is 19.5 Å². The molecule has 262 valence electrons. The van der Waals surface area contributed by atoms with Crippen LogP contribution in [0.5, 0.6) is 0 Å². The van der Waals surface area contributed by atoms with Gasteiger partial charge in [-0.05, 0) is 41.4 Å². The van der Waals surface area contributed by atoms with E-state index in [1.54, 1.807) is 0 Å². The molecule has 4 nitrogen and oxygen atoms in total. The van der Waals surface area contributed by atoms with E-state index in [0.717, 1.165) is 44.1 Å². The van der Waals surface area contributed by atoms with Crippen molar-refractivity contribution in [2.45, 2.75) is 0 Å². The van der Waals surface area contributed by atoms with Crippen LogP contribution in [0.25, 0.3) is 104 Å². The largest absolute Gasteiger partial charge is 0.308 e. The van der Waals surface area contributed by atoms with Gasteiger partial charge in [-0.25, -0.2) is 15.0 Å². The first-order valence-electron chi connectivity index (χ1n) is 21.3. The summed E-state index contributed by atoms with van der Waals surface area (Å²) < 4.78 is 57.3. The number of thiophene rings is 1. The van der Waals surface area contributed by atoms with Gasteiger partial charge in [-0.15, -0.1) is 11.3 Å². The van der Waals surface area contributed by atoms with Gasteiger partial charge in [0.15, 0.2) is 17.5 Å². The number of para-hydroxylation sites is 3. The Labute approximate surface area is 336 Å². The molecule has 0 amide bonds. The number of benzene rings is 8. The number of fused-ring (bicyclic) bond motifs is 6. The van der Waals surface area contributed by atoms with Gasteiger partial charge in [-0.1, -0.05) is 164 Å². The van der Waals surface area contributed by atoms with Crippen LogP contribution in [0.3, 0.4) is 0 Å². The van der Waals surface area contributed by atoms with Gasteiger partial charge < -0.3 is 4.57 Å².